The van der Waals surface area contributed by atoms with E-state index in [1.807, 2.05) is 0 Å². The highest BCUT2D eigenvalue weighted by Gasteiger charge is 2.33. The van der Waals surface area contributed by atoms with Crippen molar-refractivity contribution in [1.82, 2.24) is 29.1 Å². The number of aromatic nitrogens is 5. The molecule has 1 saturated heterocycles. The lowest BCUT2D eigenvalue weighted by molar-refractivity contribution is 0.148. The van der Waals surface area contributed by atoms with Gasteiger partial charge in [0.1, 0.15) is 11.3 Å². The average molecular weight is 414 g/mol. The molecule has 0 N–H and O–H groups in total. The minimum atomic E-state index is -3.70. The summed E-state index contributed by atoms with van der Waals surface area (Å²) in [6.07, 6.45) is 1.14. The molecule has 0 aromatic carbocycles. The highest BCUT2D eigenvalue weighted by Crippen LogP contribution is 2.36. The molecule has 0 unspecified atom stereocenters. The van der Waals surface area contributed by atoms with Gasteiger partial charge in [0.05, 0.1) is 0 Å². The summed E-state index contributed by atoms with van der Waals surface area (Å²) in [5.41, 5.74) is 0.782. The van der Waals surface area contributed by atoms with Crippen LogP contribution in [0.2, 0.25) is 0 Å². The van der Waals surface area contributed by atoms with Crippen LogP contribution in [0.1, 0.15) is 41.3 Å². The Hall–Kier alpha value is -2.05. The lowest BCUT2D eigenvalue weighted by atomic mass is 9.88. The summed E-state index contributed by atoms with van der Waals surface area (Å²) in [5, 5.41) is 12.1. The molecule has 3 aromatic heterocycles. The summed E-state index contributed by atoms with van der Waals surface area (Å²) in [6, 6.07) is 1.35. The molecule has 0 radical (unpaired) electrons. The van der Waals surface area contributed by atoms with Crippen LogP contribution in [0.15, 0.2) is 22.9 Å². The third kappa shape index (κ3) is 3.32. The number of nitrogens with zero attached hydrogens (tertiary/aromatic N) is 6. The normalized spacial score (nSPS) is 17.2. The van der Waals surface area contributed by atoms with Crippen LogP contribution in [0.3, 0.4) is 0 Å². The van der Waals surface area contributed by atoms with Gasteiger partial charge in [0.2, 0.25) is 4.34 Å². The second-order valence-electron chi connectivity index (χ2n) is 6.31. The van der Waals surface area contributed by atoms with Gasteiger partial charge < -0.3 is 0 Å². The smallest absolute Gasteiger partial charge is 0.221 e. The van der Waals surface area contributed by atoms with Crippen molar-refractivity contribution in [2.75, 3.05) is 13.1 Å². The highest BCUT2D eigenvalue weighted by atomic mass is 32.2. The van der Waals surface area contributed by atoms with Crippen molar-refractivity contribution in [2.24, 2.45) is 0 Å². The fraction of sp³-hybridized carbons (Fsp3) is 0.467. The number of rotatable bonds is 4. The monoisotopic (exact) mass is 414 g/mol. The van der Waals surface area contributed by atoms with Crippen molar-refractivity contribution in [3.05, 3.63) is 34.7 Å². The van der Waals surface area contributed by atoms with Crippen molar-refractivity contribution < 1.29 is 17.2 Å². The van der Waals surface area contributed by atoms with Crippen LogP contribution >= 0.6 is 11.3 Å². The zero-order valence-corrected chi connectivity index (χ0v) is 15.9. The first kappa shape index (κ1) is 18.3. The van der Waals surface area contributed by atoms with Crippen LogP contribution < -0.4 is 0 Å². The Kier molecular flexibility index (Phi) is 4.64. The van der Waals surface area contributed by atoms with Gasteiger partial charge in [0.25, 0.3) is 16.4 Å². The third-order valence-corrected chi connectivity index (χ3v) is 7.76. The molecule has 3 aromatic rings. The van der Waals surface area contributed by atoms with Gasteiger partial charge in [0, 0.05) is 24.8 Å². The highest BCUT2D eigenvalue weighted by molar-refractivity contribution is 7.91. The second kappa shape index (κ2) is 6.84. The van der Waals surface area contributed by atoms with Gasteiger partial charge in [-0.15, -0.1) is 10.2 Å². The molecular weight excluding hydrogens is 398 g/mol. The summed E-state index contributed by atoms with van der Waals surface area (Å²) >= 11 is 1.02. The summed E-state index contributed by atoms with van der Waals surface area (Å²) in [4.78, 5) is 3.95. The zero-order valence-electron chi connectivity index (χ0n) is 14.3. The van der Waals surface area contributed by atoms with Crippen LogP contribution in [-0.4, -0.2) is 50.6 Å². The van der Waals surface area contributed by atoms with Crippen molar-refractivity contribution in [2.45, 2.75) is 36.4 Å². The van der Waals surface area contributed by atoms with Crippen molar-refractivity contribution in [3.63, 3.8) is 0 Å². The Morgan fingerprint density at radius 2 is 2.00 bits per heavy atom. The number of pyridine rings is 1. The van der Waals surface area contributed by atoms with Crippen LogP contribution in [0.5, 0.6) is 0 Å². The molecule has 4 heterocycles. The van der Waals surface area contributed by atoms with E-state index in [2.05, 4.69) is 20.3 Å². The van der Waals surface area contributed by atoms with E-state index >= 15 is 0 Å². The van der Waals surface area contributed by atoms with Gasteiger partial charge in [-0.1, -0.05) is 11.3 Å². The molecular formula is C15H16F2N6O2S2. The largest absolute Gasteiger partial charge is 0.272 e. The topological polar surface area (TPSA) is 93.4 Å². The molecule has 27 heavy (non-hydrogen) atoms. The molecule has 12 heteroatoms. The molecule has 0 saturated carbocycles. The number of hydrogen-bond donors (Lipinski definition) is 0. The van der Waals surface area contributed by atoms with Crippen LogP contribution in [0, 0.1) is 6.92 Å². The molecule has 1 aliphatic rings. The van der Waals surface area contributed by atoms with Crippen LogP contribution in [0.4, 0.5) is 8.78 Å². The molecule has 8 nitrogen and oxygen atoms in total. The van der Waals surface area contributed by atoms with Crippen molar-refractivity contribution in [3.8, 4) is 0 Å². The molecule has 0 spiro atoms. The van der Waals surface area contributed by atoms with Gasteiger partial charge in [-0.3, -0.25) is 0 Å². The number of sulfonamides is 1. The number of fused-ring (bicyclic) bond motifs is 1. The molecule has 4 rings (SSSR count). The molecule has 1 aliphatic heterocycles. The number of alkyl halides is 2. The predicted octanol–water partition coefficient (Wildman–Crippen LogP) is 2.40. The number of piperidine rings is 1. The van der Waals surface area contributed by atoms with Crippen LogP contribution in [-0.2, 0) is 10.0 Å². The Morgan fingerprint density at radius 1 is 1.26 bits per heavy atom. The first-order valence-electron chi connectivity index (χ1n) is 8.28. The van der Waals surface area contributed by atoms with E-state index in [1.165, 1.54) is 21.2 Å². The third-order valence-electron chi connectivity index (χ3n) is 4.68. The SMILES string of the molecule is Cc1nnc(S(=O)(=O)N2CCC(c3cn4ncnc4cc3C(F)F)CC2)s1. The predicted molar refractivity (Wildman–Crippen MR) is 93.3 cm³/mol. The minimum Gasteiger partial charge on any atom is -0.221 e. The van der Waals surface area contributed by atoms with E-state index in [9.17, 15) is 17.2 Å². The fourth-order valence-electron chi connectivity index (χ4n) is 3.32. The number of halogens is 2. The molecule has 1 fully saturated rings. The standard InChI is InChI=1S/C15H16F2N6O2S2/c1-9-20-21-15(26-9)27(24,25)22-4-2-10(3-5-22)12-7-23-13(18-8-19-23)6-11(12)14(16)17/h6-8,10,14H,2-5H2,1H3. The van der Waals surface area contributed by atoms with E-state index in [0.717, 1.165) is 11.3 Å². The Balaban J connectivity index is 1.57. The molecule has 0 amide bonds. The Labute approximate surface area is 157 Å². The van der Waals surface area contributed by atoms with Crippen molar-refractivity contribution in [1.29, 1.82) is 0 Å². The van der Waals surface area contributed by atoms with E-state index in [1.54, 1.807) is 13.1 Å². The second-order valence-corrected chi connectivity index (χ2v) is 9.61. The van der Waals surface area contributed by atoms with E-state index in [-0.39, 0.29) is 28.9 Å². The maximum Gasteiger partial charge on any atom is 0.272 e. The Bertz CT molecular complexity index is 1070. The number of aryl methyl sites for hydroxylation is 1. The summed E-state index contributed by atoms with van der Waals surface area (Å²) in [5.74, 6) is -0.176. The molecule has 0 atom stereocenters. The molecule has 0 aliphatic carbocycles. The zero-order chi connectivity index (χ0) is 19.2. The molecule has 0 bridgehead atoms. The number of hydrogen-bond acceptors (Lipinski definition) is 7. The van der Waals surface area contributed by atoms with Gasteiger partial charge in [-0.25, -0.2) is 26.7 Å². The first-order valence-corrected chi connectivity index (χ1v) is 10.5. The lowest BCUT2D eigenvalue weighted by Crippen LogP contribution is -2.38. The van der Waals surface area contributed by atoms with E-state index in [4.69, 9.17) is 0 Å². The van der Waals surface area contributed by atoms with Gasteiger partial charge in [0.15, 0.2) is 5.65 Å². The Morgan fingerprint density at radius 3 is 2.63 bits per heavy atom. The maximum atomic E-state index is 13.5. The van der Waals surface area contributed by atoms with Crippen molar-refractivity contribution >= 4 is 27.0 Å². The molecule has 144 valence electrons. The fourth-order valence-corrected chi connectivity index (χ4v) is 5.89. The lowest BCUT2D eigenvalue weighted by Gasteiger charge is -2.31. The summed E-state index contributed by atoms with van der Waals surface area (Å²) in [6.45, 7) is 2.17. The summed E-state index contributed by atoms with van der Waals surface area (Å²) in [7, 11) is -3.70. The average Bonchev–Trinajstić information content (AvgIpc) is 3.29. The van der Waals surface area contributed by atoms with Gasteiger partial charge in [-0.05, 0) is 37.3 Å². The summed E-state index contributed by atoms with van der Waals surface area (Å²) < 4.78 is 55.1. The van der Waals surface area contributed by atoms with Gasteiger partial charge in [-0.2, -0.15) is 9.40 Å². The van der Waals surface area contributed by atoms with E-state index < -0.39 is 16.4 Å². The van der Waals surface area contributed by atoms with Gasteiger partial charge >= 0.3 is 0 Å². The maximum absolute atomic E-state index is 13.5. The first-order chi connectivity index (χ1) is 12.9. The quantitative estimate of drug-likeness (QED) is 0.651. The van der Waals surface area contributed by atoms with Crippen LogP contribution in [0.25, 0.3) is 5.65 Å². The van der Waals surface area contributed by atoms with E-state index in [0.29, 0.717) is 29.1 Å². The minimum absolute atomic E-state index is 0.0317.